The van der Waals surface area contributed by atoms with Crippen LogP contribution in [0.2, 0.25) is 5.15 Å². The van der Waals surface area contributed by atoms with E-state index in [-0.39, 0.29) is 22.1 Å². The Hall–Kier alpha value is -1.27. The molecule has 0 amide bonds. The molecule has 1 heterocycles. The van der Waals surface area contributed by atoms with Crippen molar-refractivity contribution in [1.29, 1.82) is 0 Å². The average molecular weight is 316 g/mol. The molecule has 1 N–H and O–H groups in total. The quantitative estimate of drug-likeness (QED) is 0.494. The van der Waals surface area contributed by atoms with Gasteiger partial charge in [-0.3, -0.25) is 4.79 Å². The molecule has 108 valence electrons. The Bertz CT molecular complexity index is 545. The van der Waals surface area contributed by atoms with Crippen LogP contribution >= 0.6 is 23.4 Å². The molecular weight excluding hydrogens is 302 g/mol. The van der Waals surface area contributed by atoms with Gasteiger partial charge in [0.25, 0.3) is 0 Å². The summed E-state index contributed by atoms with van der Waals surface area (Å²) in [6, 6.07) is 2.90. The highest BCUT2D eigenvalue weighted by Gasteiger charge is 2.44. The molecule has 20 heavy (non-hydrogen) atoms. The summed E-state index contributed by atoms with van der Waals surface area (Å²) >= 11 is 7.13. The van der Waals surface area contributed by atoms with Crippen LogP contribution in [0.5, 0.6) is 0 Å². The SMILES string of the molecule is COC(=O)CC1(CSc2nc(Cl)ccc2C(=O)O)CC1. The molecule has 0 atom stereocenters. The maximum absolute atomic E-state index is 11.3. The van der Waals surface area contributed by atoms with Crippen molar-refractivity contribution < 1.29 is 19.4 Å². The van der Waals surface area contributed by atoms with Gasteiger partial charge in [-0.05, 0) is 30.4 Å². The third-order valence-corrected chi connectivity index (χ3v) is 4.83. The number of hydrogen-bond donors (Lipinski definition) is 1. The third kappa shape index (κ3) is 3.64. The van der Waals surface area contributed by atoms with Gasteiger partial charge >= 0.3 is 11.9 Å². The van der Waals surface area contributed by atoms with Crippen molar-refractivity contribution in [2.45, 2.75) is 24.3 Å². The zero-order chi connectivity index (χ0) is 14.8. The number of rotatable bonds is 6. The van der Waals surface area contributed by atoms with Crippen LogP contribution in [0, 0.1) is 5.41 Å². The molecule has 1 saturated carbocycles. The molecule has 0 aliphatic heterocycles. The number of pyridine rings is 1. The van der Waals surface area contributed by atoms with E-state index >= 15 is 0 Å². The summed E-state index contributed by atoms with van der Waals surface area (Å²) in [7, 11) is 1.37. The first-order chi connectivity index (χ1) is 9.46. The van der Waals surface area contributed by atoms with E-state index in [1.807, 2.05) is 0 Å². The molecule has 1 aromatic rings. The Balaban J connectivity index is 2.06. The summed E-state index contributed by atoms with van der Waals surface area (Å²) in [5.74, 6) is -0.634. The molecule has 0 aromatic carbocycles. The summed E-state index contributed by atoms with van der Waals surface area (Å²) in [6.45, 7) is 0. The van der Waals surface area contributed by atoms with Gasteiger partial charge in [0.05, 0.1) is 19.1 Å². The van der Waals surface area contributed by atoms with E-state index in [4.69, 9.17) is 16.7 Å². The number of thioether (sulfide) groups is 1. The summed E-state index contributed by atoms with van der Waals surface area (Å²) in [4.78, 5) is 26.5. The molecule has 0 bridgehead atoms. The minimum Gasteiger partial charge on any atom is -0.478 e. The summed E-state index contributed by atoms with van der Waals surface area (Å²) in [5, 5.41) is 9.76. The monoisotopic (exact) mass is 315 g/mol. The number of hydrogen-bond acceptors (Lipinski definition) is 5. The number of ether oxygens (including phenoxy) is 1. The van der Waals surface area contributed by atoms with E-state index in [1.165, 1.54) is 31.0 Å². The Morgan fingerprint density at radius 2 is 2.20 bits per heavy atom. The molecule has 0 saturated heterocycles. The lowest BCUT2D eigenvalue weighted by molar-refractivity contribution is -0.141. The van der Waals surface area contributed by atoms with Crippen LogP contribution in [-0.4, -0.2) is 34.9 Å². The van der Waals surface area contributed by atoms with Gasteiger partial charge < -0.3 is 9.84 Å². The molecule has 2 rings (SSSR count). The van der Waals surface area contributed by atoms with E-state index in [1.54, 1.807) is 0 Å². The predicted molar refractivity (Wildman–Crippen MR) is 75.2 cm³/mol. The highest BCUT2D eigenvalue weighted by atomic mass is 35.5. The summed E-state index contributed by atoms with van der Waals surface area (Å²) in [6.07, 6.45) is 2.25. The topological polar surface area (TPSA) is 76.5 Å². The number of carboxylic acid groups (broad SMARTS) is 1. The number of carbonyl (C=O) groups excluding carboxylic acids is 1. The van der Waals surface area contributed by atoms with Crippen molar-refractivity contribution in [3.63, 3.8) is 0 Å². The van der Waals surface area contributed by atoms with Crippen LogP contribution in [0.25, 0.3) is 0 Å². The minimum absolute atomic E-state index is 0.0858. The van der Waals surface area contributed by atoms with Crippen molar-refractivity contribution in [3.05, 3.63) is 22.8 Å². The second-order valence-electron chi connectivity index (χ2n) is 4.83. The second-order valence-corrected chi connectivity index (χ2v) is 6.18. The van der Waals surface area contributed by atoms with Crippen molar-refractivity contribution in [2.24, 2.45) is 5.41 Å². The van der Waals surface area contributed by atoms with Crippen molar-refractivity contribution in [3.8, 4) is 0 Å². The zero-order valence-corrected chi connectivity index (χ0v) is 12.5. The summed E-state index contributed by atoms with van der Waals surface area (Å²) < 4.78 is 4.68. The number of carbonyl (C=O) groups is 2. The normalized spacial score (nSPS) is 15.7. The van der Waals surface area contributed by atoms with Gasteiger partial charge in [0.15, 0.2) is 0 Å². The van der Waals surface area contributed by atoms with E-state index in [9.17, 15) is 9.59 Å². The van der Waals surface area contributed by atoms with Gasteiger partial charge in [0.2, 0.25) is 0 Å². The van der Waals surface area contributed by atoms with Gasteiger partial charge in [-0.25, -0.2) is 9.78 Å². The predicted octanol–water partition coefficient (Wildman–Crippen LogP) is 2.87. The lowest BCUT2D eigenvalue weighted by Gasteiger charge is -2.13. The molecule has 1 aliphatic carbocycles. The lowest BCUT2D eigenvalue weighted by Crippen LogP contribution is -2.13. The van der Waals surface area contributed by atoms with Crippen molar-refractivity contribution >= 4 is 35.3 Å². The Labute approximate surface area is 125 Å². The first-order valence-electron chi connectivity index (χ1n) is 6.05. The molecule has 1 fully saturated rings. The molecule has 1 aromatic heterocycles. The molecule has 5 nitrogen and oxygen atoms in total. The lowest BCUT2D eigenvalue weighted by atomic mass is 10.1. The number of carboxylic acids is 1. The molecule has 0 unspecified atom stereocenters. The van der Waals surface area contributed by atoms with Crippen LogP contribution in [0.1, 0.15) is 29.6 Å². The van der Waals surface area contributed by atoms with E-state index in [2.05, 4.69) is 9.72 Å². The van der Waals surface area contributed by atoms with Crippen LogP contribution in [-0.2, 0) is 9.53 Å². The highest BCUT2D eigenvalue weighted by Crippen LogP contribution is 2.52. The summed E-state index contributed by atoms with van der Waals surface area (Å²) in [5.41, 5.74) is 0.0469. The number of aromatic nitrogens is 1. The molecule has 7 heteroatoms. The van der Waals surface area contributed by atoms with Gasteiger partial charge in [-0.15, -0.1) is 11.8 Å². The molecular formula is C13H14ClNO4S. The van der Waals surface area contributed by atoms with Gasteiger partial charge in [-0.1, -0.05) is 11.6 Å². The first-order valence-corrected chi connectivity index (χ1v) is 7.42. The maximum atomic E-state index is 11.3. The number of esters is 1. The van der Waals surface area contributed by atoms with Crippen molar-refractivity contribution in [2.75, 3.05) is 12.9 Å². The van der Waals surface area contributed by atoms with Gasteiger partial charge in [0.1, 0.15) is 10.2 Å². The van der Waals surface area contributed by atoms with Crippen LogP contribution in [0.15, 0.2) is 17.2 Å². The Morgan fingerprint density at radius 1 is 1.50 bits per heavy atom. The van der Waals surface area contributed by atoms with Crippen molar-refractivity contribution in [1.82, 2.24) is 4.98 Å². The fourth-order valence-electron chi connectivity index (χ4n) is 1.84. The molecule has 0 spiro atoms. The fourth-order valence-corrected chi connectivity index (χ4v) is 3.34. The Kier molecular flexibility index (Phi) is 4.55. The number of aromatic carboxylic acids is 1. The standard InChI is InChI=1S/C13H14ClNO4S/c1-19-10(16)6-13(4-5-13)7-20-11-8(12(17)18)2-3-9(14)15-11/h2-3H,4-7H2,1H3,(H,17,18). The largest absolute Gasteiger partial charge is 0.478 e. The molecule has 0 radical (unpaired) electrons. The fraction of sp³-hybridized carbons (Fsp3) is 0.462. The van der Waals surface area contributed by atoms with Crippen LogP contribution in [0.3, 0.4) is 0 Å². The minimum atomic E-state index is -1.03. The van der Waals surface area contributed by atoms with Crippen LogP contribution < -0.4 is 0 Å². The number of halogens is 1. The zero-order valence-electron chi connectivity index (χ0n) is 10.9. The number of nitrogens with zero attached hydrogens (tertiary/aromatic N) is 1. The third-order valence-electron chi connectivity index (χ3n) is 3.28. The van der Waals surface area contributed by atoms with Gasteiger partial charge in [0, 0.05) is 5.75 Å². The van der Waals surface area contributed by atoms with E-state index in [0.29, 0.717) is 17.2 Å². The average Bonchev–Trinajstić information content (AvgIpc) is 3.16. The van der Waals surface area contributed by atoms with E-state index in [0.717, 1.165) is 12.8 Å². The van der Waals surface area contributed by atoms with E-state index < -0.39 is 5.97 Å². The Morgan fingerprint density at radius 3 is 2.75 bits per heavy atom. The molecule has 1 aliphatic rings. The van der Waals surface area contributed by atoms with Crippen LogP contribution in [0.4, 0.5) is 0 Å². The highest BCUT2D eigenvalue weighted by molar-refractivity contribution is 7.99. The maximum Gasteiger partial charge on any atom is 0.338 e. The smallest absolute Gasteiger partial charge is 0.338 e. The number of methoxy groups -OCH3 is 1. The first kappa shape index (κ1) is 15.1. The van der Waals surface area contributed by atoms with Gasteiger partial charge in [-0.2, -0.15) is 0 Å². The second kappa shape index (κ2) is 6.01.